The molecule has 128 valence electrons. The first-order valence-corrected chi connectivity index (χ1v) is 8.46. The second-order valence-electron chi connectivity index (χ2n) is 6.57. The Morgan fingerprint density at radius 1 is 1.28 bits per heavy atom. The second-order valence-corrected chi connectivity index (χ2v) is 6.57. The minimum absolute atomic E-state index is 0.0189. The van der Waals surface area contributed by atoms with Crippen LogP contribution in [0.15, 0.2) is 49.1 Å². The molecule has 1 amide bonds. The Morgan fingerprint density at radius 2 is 2.16 bits per heavy atom. The third kappa shape index (κ3) is 3.25. The van der Waals surface area contributed by atoms with Gasteiger partial charge in [-0.3, -0.25) is 9.78 Å². The molecule has 0 unspecified atom stereocenters. The summed E-state index contributed by atoms with van der Waals surface area (Å²) in [5, 5.41) is 11.5. The lowest BCUT2D eigenvalue weighted by Crippen LogP contribution is -2.31. The number of amides is 1. The van der Waals surface area contributed by atoms with Gasteiger partial charge in [0.2, 0.25) is 5.91 Å². The number of pyridine rings is 1. The molecule has 6 nitrogen and oxygen atoms in total. The average molecular weight is 336 g/mol. The molecule has 2 N–H and O–H groups in total. The summed E-state index contributed by atoms with van der Waals surface area (Å²) in [5.74, 6) is 0.0573. The van der Waals surface area contributed by atoms with E-state index < -0.39 is 6.10 Å². The number of carbonyl (C=O) groups excluding carboxylic acids is 1. The van der Waals surface area contributed by atoms with E-state index in [0.29, 0.717) is 13.1 Å². The monoisotopic (exact) mass is 336 g/mol. The number of nitrogens with one attached hydrogen (secondary N) is 1. The molecule has 3 heterocycles. The second kappa shape index (κ2) is 6.64. The van der Waals surface area contributed by atoms with Crippen LogP contribution in [0.1, 0.15) is 11.3 Å². The van der Waals surface area contributed by atoms with Gasteiger partial charge in [0.05, 0.1) is 24.4 Å². The number of aliphatic hydroxyl groups excluding tert-OH is 1. The fraction of sp³-hybridized carbons (Fsp3) is 0.316. The lowest BCUT2D eigenvalue weighted by Gasteiger charge is -2.16. The maximum atomic E-state index is 12.4. The number of β-amino-alcohol motifs (C(OH)–C–C–N with tert-alkyl or cyclic N) is 1. The van der Waals surface area contributed by atoms with Crippen molar-refractivity contribution in [3.8, 4) is 0 Å². The molecular weight excluding hydrogens is 316 g/mol. The number of fused-ring (bicyclic) bond motifs is 1. The highest BCUT2D eigenvalue weighted by molar-refractivity contribution is 5.82. The molecule has 2 aromatic heterocycles. The Labute approximate surface area is 145 Å². The predicted molar refractivity (Wildman–Crippen MR) is 93.8 cm³/mol. The van der Waals surface area contributed by atoms with Crippen LogP contribution in [0.5, 0.6) is 0 Å². The van der Waals surface area contributed by atoms with Crippen molar-refractivity contribution in [2.24, 2.45) is 5.92 Å². The van der Waals surface area contributed by atoms with Crippen molar-refractivity contribution < 1.29 is 9.90 Å². The van der Waals surface area contributed by atoms with E-state index in [4.69, 9.17) is 0 Å². The van der Waals surface area contributed by atoms with E-state index in [2.05, 4.69) is 21.0 Å². The summed E-state index contributed by atoms with van der Waals surface area (Å²) >= 11 is 0. The molecular formula is C19H20N4O2. The molecule has 1 aliphatic rings. The van der Waals surface area contributed by atoms with E-state index in [9.17, 15) is 9.90 Å². The molecule has 0 aliphatic carbocycles. The number of benzene rings is 1. The number of hydrogen-bond donors (Lipinski definition) is 2. The summed E-state index contributed by atoms with van der Waals surface area (Å²) in [6.07, 6.45) is 5.55. The number of imidazole rings is 1. The third-order valence-electron chi connectivity index (χ3n) is 4.88. The van der Waals surface area contributed by atoms with E-state index in [-0.39, 0.29) is 18.2 Å². The molecule has 0 spiro atoms. The molecule has 0 saturated carbocycles. The van der Waals surface area contributed by atoms with Gasteiger partial charge in [-0.25, -0.2) is 4.98 Å². The van der Waals surface area contributed by atoms with E-state index in [1.165, 1.54) is 0 Å². The van der Waals surface area contributed by atoms with Gasteiger partial charge in [0, 0.05) is 42.5 Å². The molecule has 1 aliphatic heterocycles. The molecule has 2 atom stereocenters. The van der Waals surface area contributed by atoms with Crippen LogP contribution in [0.25, 0.3) is 10.9 Å². The molecule has 0 radical (unpaired) electrons. The van der Waals surface area contributed by atoms with Crippen molar-refractivity contribution in [2.45, 2.75) is 18.9 Å². The van der Waals surface area contributed by atoms with E-state index in [1.807, 2.05) is 24.3 Å². The third-order valence-corrected chi connectivity index (χ3v) is 4.88. The number of para-hydroxylation sites is 1. The van der Waals surface area contributed by atoms with Gasteiger partial charge in [0.25, 0.3) is 0 Å². The van der Waals surface area contributed by atoms with Crippen molar-refractivity contribution >= 4 is 16.8 Å². The first kappa shape index (κ1) is 15.8. The number of aromatic amines is 1. The summed E-state index contributed by atoms with van der Waals surface area (Å²) in [4.78, 5) is 25.4. The van der Waals surface area contributed by atoms with Crippen LogP contribution in [0.2, 0.25) is 0 Å². The summed E-state index contributed by atoms with van der Waals surface area (Å²) in [6, 6.07) is 10.0. The number of hydrogen-bond acceptors (Lipinski definition) is 4. The van der Waals surface area contributed by atoms with Crippen LogP contribution in [0.4, 0.5) is 0 Å². The van der Waals surface area contributed by atoms with Crippen molar-refractivity contribution in [3.05, 3.63) is 60.3 Å². The maximum absolute atomic E-state index is 12.4. The molecule has 0 bridgehead atoms. The van der Waals surface area contributed by atoms with Gasteiger partial charge in [0.15, 0.2) is 0 Å². The molecule has 4 rings (SSSR count). The zero-order valence-corrected chi connectivity index (χ0v) is 13.8. The van der Waals surface area contributed by atoms with Gasteiger partial charge in [-0.15, -0.1) is 0 Å². The van der Waals surface area contributed by atoms with Gasteiger partial charge >= 0.3 is 0 Å². The van der Waals surface area contributed by atoms with Crippen molar-refractivity contribution in [2.75, 3.05) is 13.1 Å². The fourth-order valence-corrected chi connectivity index (χ4v) is 3.53. The summed E-state index contributed by atoms with van der Waals surface area (Å²) in [7, 11) is 0. The van der Waals surface area contributed by atoms with Gasteiger partial charge < -0.3 is 15.0 Å². The molecule has 1 aromatic carbocycles. The average Bonchev–Trinajstić information content (AvgIpc) is 3.25. The van der Waals surface area contributed by atoms with Crippen molar-refractivity contribution in [1.82, 2.24) is 19.9 Å². The Bertz CT molecular complexity index is 873. The smallest absolute Gasteiger partial charge is 0.228 e. The van der Waals surface area contributed by atoms with Gasteiger partial charge in [0.1, 0.15) is 0 Å². The number of rotatable bonds is 4. The van der Waals surface area contributed by atoms with E-state index in [0.717, 1.165) is 28.6 Å². The Morgan fingerprint density at radius 3 is 3.00 bits per heavy atom. The van der Waals surface area contributed by atoms with E-state index in [1.54, 1.807) is 23.6 Å². The summed E-state index contributed by atoms with van der Waals surface area (Å²) in [6.45, 7) is 0.964. The number of aliphatic hydroxyl groups is 1. The maximum Gasteiger partial charge on any atom is 0.228 e. The SMILES string of the molecule is O=C(Cc1cnc[nH]1)N1C[C@@H](Cc2ccnc3ccccc23)[C@@H](O)C1. The lowest BCUT2D eigenvalue weighted by atomic mass is 9.94. The van der Waals surface area contributed by atoms with Gasteiger partial charge in [-0.05, 0) is 24.1 Å². The minimum Gasteiger partial charge on any atom is -0.391 e. The highest BCUT2D eigenvalue weighted by Gasteiger charge is 2.34. The van der Waals surface area contributed by atoms with Crippen LogP contribution in [0.3, 0.4) is 0 Å². The highest BCUT2D eigenvalue weighted by atomic mass is 16.3. The van der Waals surface area contributed by atoms with Crippen LogP contribution in [-0.4, -0.2) is 50.1 Å². The summed E-state index contributed by atoms with van der Waals surface area (Å²) < 4.78 is 0. The van der Waals surface area contributed by atoms with Crippen LogP contribution in [-0.2, 0) is 17.6 Å². The van der Waals surface area contributed by atoms with Crippen molar-refractivity contribution in [1.29, 1.82) is 0 Å². The minimum atomic E-state index is -0.502. The summed E-state index contributed by atoms with van der Waals surface area (Å²) in [5.41, 5.74) is 2.92. The number of aromatic nitrogens is 3. The molecule has 25 heavy (non-hydrogen) atoms. The largest absolute Gasteiger partial charge is 0.391 e. The highest BCUT2D eigenvalue weighted by Crippen LogP contribution is 2.25. The first-order chi connectivity index (χ1) is 12.2. The van der Waals surface area contributed by atoms with E-state index >= 15 is 0 Å². The molecule has 6 heteroatoms. The first-order valence-electron chi connectivity index (χ1n) is 8.46. The van der Waals surface area contributed by atoms with Crippen LogP contribution >= 0.6 is 0 Å². The number of carbonyl (C=O) groups is 1. The van der Waals surface area contributed by atoms with Crippen LogP contribution in [0, 0.1) is 5.92 Å². The zero-order valence-electron chi connectivity index (χ0n) is 13.8. The number of likely N-dealkylation sites (tertiary alicyclic amines) is 1. The number of H-pyrrole nitrogens is 1. The Kier molecular flexibility index (Phi) is 4.19. The van der Waals surface area contributed by atoms with Crippen LogP contribution < -0.4 is 0 Å². The topological polar surface area (TPSA) is 82.1 Å². The van der Waals surface area contributed by atoms with Gasteiger partial charge in [-0.1, -0.05) is 18.2 Å². The predicted octanol–water partition coefficient (Wildman–Crippen LogP) is 1.56. The molecule has 3 aromatic rings. The quantitative estimate of drug-likeness (QED) is 0.757. The standard InChI is InChI=1S/C19H20N4O2/c24-18-11-23(19(25)8-15-9-20-12-22-15)10-14(18)7-13-5-6-21-17-4-2-1-3-16(13)17/h1-6,9,12,14,18,24H,7-8,10-11H2,(H,20,22)/t14-,18+/m1/s1. The normalized spacial score (nSPS) is 20.3. The Balaban J connectivity index is 1.47. The zero-order chi connectivity index (χ0) is 17.2. The molecule has 1 fully saturated rings. The molecule has 1 saturated heterocycles. The fourth-order valence-electron chi connectivity index (χ4n) is 3.53. The van der Waals surface area contributed by atoms with Gasteiger partial charge in [-0.2, -0.15) is 0 Å². The number of nitrogens with zero attached hydrogens (tertiary/aromatic N) is 3. The lowest BCUT2D eigenvalue weighted by molar-refractivity contribution is -0.129. The Hall–Kier alpha value is -2.73. The van der Waals surface area contributed by atoms with Crippen molar-refractivity contribution in [3.63, 3.8) is 0 Å².